The normalized spacial score (nSPS) is 28.2. The Morgan fingerprint density at radius 2 is 1.82 bits per heavy atom. The van der Waals surface area contributed by atoms with Gasteiger partial charge in [-0.05, 0) is 72.8 Å². The van der Waals surface area contributed by atoms with Crippen LogP contribution in [0.1, 0.15) is 72.3 Å². The number of ether oxygens (including phenoxy) is 3. The number of hydrogen-bond acceptors (Lipinski definition) is 7. The maximum absolute atomic E-state index is 6.90. The molecule has 1 saturated carbocycles. The molecule has 0 radical (unpaired) electrons. The number of hydrogen-bond donors (Lipinski definition) is 0. The van der Waals surface area contributed by atoms with Crippen molar-refractivity contribution >= 4 is 0 Å². The van der Waals surface area contributed by atoms with Gasteiger partial charge in [-0.3, -0.25) is 14.8 Å². The Hall–Kier alpha value is -1.09. The van der Waals surface area contributed by atoms with Crippen molar-refractivity contribution in [2.24, 2.45) is 5.41 Å². The van der Waals surface area contributed by atoms with Crippen LogP contribution in [0, 0.1) is 5.41 Å². The van der Waals surface area contributed by atoms with E-state index in [-0.39, 0.29) is 17.2 Å². The highest BCUT2D eigenvalue weighted by Gasteiger charge is 2.49. The summed E-state index contributed by atoms with van der Waals surface area (Å²) in [6.07, 6.45) is 9.83. The van der Waals surface area contributed by atoms with Gasteiger partial charge in [-0.25, -0.2) is 0 Å². The van der Waals surface area contributed by atoms with E-state index >= 15 is 0 Å². The zero-order valence-electron chi connectivity index (χ0n) is 24.7. The van der Waals surface area contributed by atoms with E-state index in [0.717, 1.165) is 85.0 Å². The summed E-state index contributed by atoms with van der Waals surface area (Å²) in [6, 6.07) is 5.17. The van der Waals surface area contributed by atoms with Crippen LogP contribution in [0.2, 0.25) is 0 Å². The lowest BCUT2D eigenvalue weighted by molar-refractivity contribution is -0.108. The summed E-state index contributed by atoms with van der Waals surface area (Å²) < 4.78 is 19.5. The van der Waals surface area contributed by atoms with Gasteiger partial charge in [-0.1, -0.05) is 6.07 Å². The molecule has 2 atom stereocenters. The highest BCUT2D eigenvalue weighted by atomic mass is 16.5. The summed E-state index contributed by atoms with van der Waals surface area (Å²) in [6.45, 7) is 21.3. The van der Waals surface area contributed by atoms with Crippen molar-refractivity contribution in [1.29, 1.82) is 0 Å². The topological polar surface area (TPSA) is 50.3 Å². The van der Waals surface area contributed by atoms with E-state index < -0.39 is 0 Å². The van der Waals surface area contributed by atoms with Gasteiger partial charge in [0.05, 0.1) is 38.1 Å². The molecule has 4 heterocycles. The molecule has 38 heavy (non-hydrogen) atoms. The van der Waals surface area contributed by atoms with Gasteiger partial charge in [-0.2, -0.15) is 0 Å². The molecule has 0 aromatic carbocycles. The molecular formula is C31H52N4O3. The van der Waals surface area contributed by atoms with E-state index in [9.17, 15) is 0 Å². The van der Waals surface area contributed by atoms with E-state index in [4.69, 9.17) is 14.2 Å². The van der Waals surface area contributed by atoms with Gasteiger partial charge in [0.15, 0.2) is 0 Å². The molecule has 0 N–H and O–H groups in total. The molecule has 4 aliphatic rings. The van der Waals surface area contributed by atoms with Crippen LogP contribution in [0.3, 0.4) is 0 Å². The zero-order valence-corrected chi connectivity index (χ0v) is 24.7. The van der Waals surface area contributed by atoms with E-state index in [1.54, 1.807) is 0 Å². The third kappa shape index (κ3) is 6.29. The Bertz CT molecular complexity index is 882. The minimum atomic E-state index is -0.242. The Morgan fingerprint density at radius 1 is 1.03 bits per heavy atom. The van der Waals surface area contributed by atoms with Crippen molar-refractivity contribution < 1.29 is 14.2 Å². The van der Waals surface area contributed by atoms with Gasteiger partial charge >= 0.3 is 0 Å². The summed E-state index contributed by atoms with van der Waals surface area (Å²) in [5.74, 6) is 0. The second kappa shape index (κ2) is 11.8. The van der Waals surface area contributed by atoms with Crippen molar-refractivity contribution in [3.8, 4) is 0 Å². The highest BCUT2D eigenvalue weighted by molar-refractivity contribution is 5.20. The van der Waals surface area contributed by atoms with Crippen molar-refractivity contribution in [1.82, 2.24) is 19.7 Å². The van der Waals surface area contributed by atoms with Crippen LogP contribution in [0.25, 0.3) is 0 Å². The fourth-order valence-corrected chi connectivity index (χ4v) is 6.89. The standard InChI is InChI=1S/C31H52N4O3/c1-25(2)33-15-11-31(12-16-33,27-7-6-13-32-21-27)38-22-26(3)34-14-8-28(37-20-17-34)29(4,5)35-18-19-36-24-30(23-35)9-10-30/h6-7,13,21,25-26,28H,8-12,14-20,22-24H2,1-5H3. The SMILES string of the molecule is CC(C)N1CCC(OCC(C)N2CCOC(C(C)(C)N3CCOCC4(CC4)C3)CC2)(c2cccnc2)CC1. The molecule has 5 rings (SSSR count). The molecule has 4 fully saturated rings. The first-order valence-corrected chi connectivity index (χ1v) is 15.2. The van der Waals surface area contributed by atoms with E-state index in [2.05, 4.69) is 60.4 Å². The number of likely N-dealkylation sites (tertiary alicyclic amines) is 1. The van der Waals surface area contributed by atoms with E-state index in [1.165, 1.54) is 18.4 Å². The summed E-state index contributed by atoms with van der Waals surface area (Å²) >= 11 is 0. The maximum atomic E-state index is 6.90. The van der Waals surface area contributed by atoms with Crippen molar-refractivity contribution in [2.45, 2.75) is 96.1 Å². The fraction of sp³-hybridized carbons (Fsp3) is 0.839. The molecule has 0 bridgehead atoms. The minimum absolute atomic E-state index is 0.00773. The summed E-state index contributed by atoms with van der Waals surface area (Å²) in [5, 5.41) is 0. The number of aromatic nitrogens is 1. The zero-order chi connectivity index (χ0) is 26.8. The molecule has 3 aliphatic heterocycles. The molecule has 7 heteroatoms. The van der Waals surface area contributed by atoms with Crippen molar-refractivity contribution in [3.63, 3.8) is 0 Å². The van der Waals surface area contributed by atoms with Gasteiger partial charge < -0.3 is 19.1 Å². The molecule has 1 aromatic rings. The molecule has 1 spiro atoms. The summed E-state index contributed by atoms with van der Waals surface area (Å²) in [5.41, 5.74) is 1.40. The van der Waals surface area contributed by atoms with Crippen LogP contribution >= 0.6 is 0 Å². The Labute approximate surface area is 231 Å². The Balaban J connectivity index is 1.18. The van der Waals surface area contributed by atoms with Gasteiger partial charge in [0.1, 0.15) is 0 Å². The first kappa shape index (κ1) is 28.4. The first-order valence-electron chi connectivity index (χ1n) is 15.2. The van der Waals surface area contributed by atoms with Crippen LogP contribution in [0.5, 0.6) is 0 Å². The van der Waals surface area contributed by atoms with Crippen LogP contribution in [0.15, 0.2) is 24.5 Å². The van der Waals surface area contributed by atoms with Gasteiger partial charge in [0.25, 0.3) is 0 Å². The molecule has 3 saturated heterocycles. The smallest absolute Gasteiger partial charge is 0.0971 e. The van der Waals surface area contributed by atoms with Crippen LogP contribution < -0.4 is 0 Å². The molecule has 1 aromatic heterocycles. The first-order chi connectivity index (χ1) is 18.2. The quantitative estimate of drug-likeness (QED) is 0.502. The monoisotopic (exact) mass is 528 g/mol. The molecule has 1 aliphatic carbocycles. The third-order valence-electron chi connectivity index (χ3n) is 10.1. The maximum Gasteiger partial charge on any atom is 0.0971 e. The van der Waals surface area contributed by atoms with Crippen LogP contribution in [-0.4, -0.2) is 109 Å². The van der Waals surface area contributed by atoms with Crippen LogP contribution in [-0.2, 0) is 19.8 Å². The molecular weight excluding hydrogens is 476 g/mol. The highest BCUT2D eigenvalue weighted by Crippen LogP contribution is 2.48. The van der Waals surface area contributed by atoms with Crippen LogP contribution in [0.4, 0.5) is 0 Å². The second-order valence-electron chi connectivity index (χ2n) is 13.3. The average Bonchev–Trinajstić information content (AvgIpc) is 3.75. The van der Waals surface area contributed by atoms with Crippen molar-refractivity contribution in [2.75, 3.05) is 65.7 Å². The van der Waals surface area contributed by atoms with Crippen molar-refractivity contribution in [3.05, 3.63) is 30.1 Å². The molecule has 2 unspecified atom stereocenters. The number of pyridine rings is 1. The Kier molecular flexibility index (Phi) is 8.83. The van der Waals surface area contributed by atoms with Gasteiger partial charge in [0.2, 0.25) is 0 Å². The number of nitrogens with zero attached hydrogens (tertiary/aromatic N) is 4. The average molecular weight is 529 g/mol. The molecule has 7 nitrogen and oxygen atoms in total. The largest absolute Gasteiger partial charge is 0.379 e. The predicted octanol–water partition coefficient (Wildman–Crippen LogP) is 4.17. The second-order valence-corrected chi connectivity index (χ2v) is 13.3. The lowest BCUT2D eigenvalue weighted by atomic mass is 9.84. The third-order valence-corrected chi connectivity index (χ3v) is 10.1. The minimum Gasteiger partial charge on any atom is -0.379 e. The number of piperidine rings is 1. The summed E-state index contributed by atoms with van der Waals surface area (Å²) in [7, 11) is 0. The lowest BCUT2D eigenvalue weighted by Gasteiger charge is -2.44. The van der Waals surface area contributed by atoms with E-state index in [1.807, 2.05) is 18.5 Å². The van der Waals surface area contributed by atoms with E-state index in [0.29, 0.717) is 17.5 Å². The van der Waals surface area contributed by atoms with Gasteiger partial charge in [0, 0.05) is 80.3 Å². The summed E-state index contributed by atoms with van der Waals surface area (Å²) in [4.78, 5) is 12.3. The molecule has 0 amide bonds. The Morgan fingerprint density at radius 3 is 2.50 bits per heavy atom. The molecule has 214 valence electrons. The number of rotatable bonds is 8. The van der Waals surface area contributed by atoms with Gasteiger partial charge in [-0.15, -0.1) is 0 Å². The fourth-order valence-electron chi connectivity index (χ4n) is 6.89. The predicted molar refractivity (Wildman–Crippen MR) is 151 cm³/mol. The lowest BCUT2D eigenvalue weighted by Crippen LogP contribution is -2.55.